The number of rotatable bonds is 2. The van der Waals surface area contributed by atoms with Crippen molar-refractivity contribution in [3.8, 4) is 0 Å². The van der Waals surface area contributed by atoms with Crippen LogP contribution in [0.2, 0.25) is 0 Å². The summed E-state index contributed by atoms with van der Waals surface area (Å²) in [6.45, 7) is 14.7. The number of carbonyl (C=O) groups is 1. The van der Waals surface area contributed by atoms with Crippen LogP contribution < -0.4 is 5.32 Å². The smallest absolute Gasteiger partial charge is 0.167 e. The van der Waals surface area contributed by atoms with E-state index in [4.69, 9.17) is 0 Å². The first-order valence-corrected chi connectivity index (χ1v) is 7.65. The number of carbonyl (C=O) groups excluding carboxylic acids is 1. The van der Waals surface area contributed by atoms with Crippen molar-refractivity contribution in [3.63, 3.8) is 0 Å². The number of hydrogen-bond donors (Lipinski definition) is 1. The summed E-state index contributed by atoms with van der Waals surface area (Å²) >= 11 is 0. The molecule has 0 spiro atoms. The van der Waals surface area contributed by atoms with Gasteiger partial charge >= 0.3 is 0 Å². The van der Waals surface area contributed by atoms with Gasteiger partial charge in [0.1, 0.15) is 0 Å². The zero-order chi connectivity index (χ0) is 15.3. The van der Waals surface area contributed by atoms with Crippen molar-refractivity contribution in [2.45, 2.75) is 72.3 Å². The van der Waals surface area contributed by atoms with Crippen LogP contribution >= 0.6 is 0 Å². The predicted octanol–water partition coefficient (Wildman–Crippen LogP) is 4.17. The lowest BCUT2D eigenvalue weighted by Crippen LogP contribution is -2.54. The molecule has 0 aliphatic carbocycles. The van der Waals surface area contributed by atoms with Gasteiger partial charge in [-0.15, -0.1) is 0 Å². The third-order valence-electron chi connectivity index (χ3n) is 4.73. The largest absolute Gasteiger partial charge is 0.373 e. The molecular formula is C18H27NO. The molecule has 1 aromatic carbocycles. The minimum absolute atomic E-state index is 0.267. The average Bonchev–Trinajstić information content (AvgIpc) is 2.36. The fourth-order valence-electron chi connectivity index (χ4n) is 3.72. The van der Waals surface area contributed by atoms with E-state index in [1.54, 1.807) is 0 Å². The summed E-state index contributed by atoms with van der Waals surface area (Å²) < 4.78 is 0. The summed E-state index contributed by atoms with van der Waals surface area (Å²) in [5, 5.41) is 3.51. The first-order chi connectivity index (χ1) is 9.16. The van der Waals surface area contributed by atoms with E-state index >= 15 is 0 Å². The van der Waals surface area contributed by atoms with E-state index in [1.807, 2.05) is 13.8 Å². The Morgan fingerprint density at radius 2 is 1.60 bits per heavy atom. The van der Waals surface area contributed by atoms with E-state index in [0.717, 1.165) is 18.4 Å². The van der Waals surface area contributed by atoms with Gasteiger partial charge < -0.3 is 5.32 Å². The monoisotopic (exact) mass is 273 g/mol. The van der Waals surface area contributed by atoms with Gasteiger partial charge in [-0.2, -0.15) is 0 Å². The van der Waals surface area contributed by atoms with E-state index < -0.39 is 11.0 Å². The Labute approximate surface area is 123 Å². The molecule has 110 valence electrons. The van der Waals surface area contributed by atoms with Gasteiger partial charge in [0.05, 0.1) is 11.0 Å². The van der Waals surface area contributed by atoms with Gasteiger partial charge in [0, 0.05) is 5.69 Å². The highest BCUT2D eigenvalue weighted by atomic mass is 16.1. The molecule has 20 heavy (non-hydrogen) atoms. The molecule has 1 heterocycles. The Kier molecular flexibility index (Phi) is 3.48. The van der Waals surface area contributed by atoms with E-state index in [0.29, 0.717) is 0 Å². The van der Waals surface area contributed by atoms with Gasteiger partial charge in [-0.05, 0) is 69.7 Å². The molecule has 0 atom stereocenters. The molecule has 2 nitrogen and oxygen atoms in total. The van der Waals surface area contributed by atoms with E-state index in [2.05, 4.69) is 46.0 Å². The maximum absolute atomic E-state index is 12.7. The fraction of sp³-hybridized carbons (Fsp3) is 0.611. The van der Waals surface area contributed by atoms with Crippen LogP contribution in [0, 0.1) is 6.92 Å². The highest BCUT2D eigenvalue weighted by Gasteiger charge is 2.46. The molecule has 0 saturated carbocycles. The summed E-state index contributed by atoms with van der Waals surface area (Å²) in [5.41, 5.74) is 5.56. The summed E-state index contributed by atoms with van der Waals surface area (Å²) in [5.74, 6) is 0.267. The number of anilines is 1. The molecule has 0 bridgehead atoms. The fourth-order valence-corrected chi connectivity index (χ4v) is 3.72. The van der Waals surface area contributed by atoms with E-state index in [9.17, 15) is 4.79 Å². The second-order valence-corrected chi connectivity index (χ2v) is 6.98. The second-order valence-electron chi connectivity index (χ2n) is 6.98. The molecule has 0 amide bonds. The van der Waals surface area contributed by atoms with Crippen LogP contribution in [0.15, 0.2) is 6.07 Å². The highest BCUT2D eigenvalue weighted by molar-refractivity contribution is 6.03. The van der Waals surface area contributed by atoms with Gasteiger partial charge in [-0.1, -0.05) is 19.9 Å². The Bertz CT molecular complexity index is 567. The molecule has 0 saturated heterocycles. The molecule has 2 heteroatoms. The lowest BCUT2D eigenvalue weighted by atomic mass is 9.68. The normalized spacial score (nSPS) is 19.4. The lowest BCUT2D eigenvalue weighted by molar-refractivity contribution is -0.127. The average molecular weight is 273 g/mol. The third-order valence-corrected chi connectivity index (χ3v) is 4.73. The quantitative estimate of drug-likeness (QED) is 0.876. The first-order valence-electron chi connectivity index (χ1n) is 7.65. The SMILES string of the molecule is CCc1c(C)cc2c(c1CC)NC(C)(C)C(=O)C2(C)C. The van der Waals surface area contributed by atoms with E-state index in [-0.39, 0.29) is 5.78 Å². The Morgan fingerprint density at radius 3 is 2.10 bits per heavy atom. The van der Waals surface area contributed by atoms with Crippen molar-refractivity contribution in [2.24, 2.45) is 0 Å². The zero-order valence-corrected chi connectivity index (χ0v) is 13.9. The number of aryl methyl sites for hydroxylation is 1. The molecule has 1 aliphatic heterocycles. The lowest BCUT2D eigenvalue weighted by Gasteiger charge is -2.43. The molecule has 1 N–H and O–H groups in total. The molecular weight excluding hydrogens is 246 g/mol. The molecule has 0 unspecified atom stereocenters. The minimum atomic E-state index is -0.499. The first kappa shape index (κ1) is 15.1. The number of ketones is 1. The Hall–Kier alpha value is -1.31. The Balaban J connectivity index is 2.81. The number of nitrogens with one attached hydrogen (secondary N) is 1. The van der Waals surface area contributed by atoms with Crippen molar-refractivity contribution in [1.82, 2.24) is 0 Å². The summed E-state index contributed by atoms with van der Waals surface area (Å²) in [7, 11) is 0. The summed E-state index contributed by atoms with van der Waals surface area (Å²) in [4.78, 5) is 12.7. The number of hydrogen-bond acceptors (Lipinski definition) is 2. The highest BCUT2D eigenvalue weighted by Crippen LogP contribution is 2.44. The second kappa shape index (κ2) is 4.61. The maximum Gasteiger partial charge on any atom is 0.167 e. The van der Waals surface area contributed by atoms with Crippen molar-refractivity contribution in [3.05, 3.63) is 28.3 Å². The van der Waals surface area contributed by atoms with Crippen molar-refractivity contribution in [1.29, 1.82) is 0 Å². The maximum atomic E-state index is 12.7. The van der Waals surface area contributed by atoms with Gasteiger partial charge in [0.25, 0.3) is 0 Å². The van der Waals surface area contributed by atoms with Crippen LogP contribution in [-0.4, -0.2) is 11.3 Å². The van der Waals surface area contributed by atoms with Crippen LogP contribution in [-0.2, 0) is 23.1 Å². The molecule has 0 fully saturated rings. The van der Waals surface area contributed by atoms with Gasteiger partial charge in [0.2, 0.25) is 0 Å². The predicted molar refractivity (Wildman–Crippen MR) is 85.7 cm³/mol. The minimum Gasteiger partial charge on any atom is -0.373 e. The Morgan fingerprint density at radius 1 is 1.05 bits per heavy atom. The van der Waals surface area contributed by atoms with Crippen LogP contribution in [0.4, 0.5) is 5.69 Å². The third kappa shape index (κ3) is 1.97. The van der Waals surface area contributed by atoms with Crippen LogP contribution in [0.25, 0.3) is 0 Å². The van der Waals surface area contributed by atoms with Crippen LogP contribution in [0.5, 0.6) is 0 Å². The van der Waals surface area contributed by atoms with Gasteiger partial charge in [-0.3, -0.25) is 4.79 Å². The molecule has 0 radical (unpaired) electrons. The van der Waals surface area contributed by atoms with Crippen LogP contribution in [0.1, 0.15) is 63.8 Å². The number of Topliss-reactive ketones (excluding diaryl/α,β-unsaturated/α-hetero) is 1. The topological polar surface area (TPSA) is 29.1 Å². The van der Waals surface area contributed by atoms with Gasteiger partial charge in [-0.25, -0.2) is 0 Å². The number of benzene rings is 1. The van der Waals surface area contributed by atoms with Crippen LogP contribution in [0.3, 0.4) is 0 Å². The molecule has 0 aromatic heterocycles. The van der Waals surface area contributed by atoms with E-state index in [1.165, 1.54) is 22.4 Å². The van der Waals surface area contributed by atoms with Crippen molar-refractivity contribution in [2.75, 3.05) is 5.32 Å². The zero-order valence-electron chi connectivity index (χ0n) is 13.9. The summed E-state index contributed by atoms with van der Waals surface area (Å²) in [6.07, 6.45) is 2.04. The van der Waals surface area contributed by atoms with Crippen molar-refractivity contribution < 1.29 is 4.79 Å². The standard InChI is InChI=1S/C18H27NO/c1-8-12-11(3)10-14-15(13(12)9-2)19-18(6,7)16(20)17(14,4)5/h10,19H,8-9H2,1-7H3. The molecule has 1 aromatic rings. The summed E-state index contributed by atoms with van der Waals surface area (Å²) in [6, 6.07) is 2.22. The molecule has 1 aliphatic rings. The van der Waals surface area contributed by atoms with Crippen molar-refractivity contribution >= 4 is 11.5 Å². The van der Waals surface area contributed by atoms with Gasteiger partial charge in [0.15, 0.2) is 5.78 Å². The molecule has 2 rings (SSSR count). The number of fused-ring (bicyclic) bond motifs is 1.